The molecule has 2 rings (SSSR count). The van der Waals surface area contributed by atoms with E-state index in [0.29, 0.717) is 18.5 Å². The van der Waals surface area contributed by atoms with Crippen molar-refractivity contribution in [2.24, 2.45) is 0 Å². The number of nitrogens with one attached hydrogen (secondary N) is 2. The van der Waals surface area contributed by atoms with Crippen LogP contribution < -0.4 is 10.6 Å². The summed E-state index contributed by atoms with van der Waals surface area (Å²) in [5.74, 6) is -1.17. The number of rotatable bonds is 7. The molecule has 0 atom stereocenters. The third kappa shape index (κ3) is 5.96. The molecule has 0 fully saturated rings. The lowest BCUT2D eigenvalue weighted by molar-refractivity contribution is -0.124. The number of nitrogens with zero attached hydrogens (tertiary/aromatic N) is 1. The normalized spacial score (nSPS) is 10.2. The highest BCUT2D eigenvalue weighted by Gasteiger charge is 2.07. The quantitative estimate of drug-likeness (QED) is 0.807. The number of hydrogen-bond acceptors (Lipinski definition) is 3. The molecule has 5 nitrogen and oxygen atoms in total. The van der Waals surface area contributed by atoms with Gasteiger partial charge in [0.05, 0.1) is 11.6 Å². The average Bonchev–Trinajstić information content (AvgIpc) is 2.57. The zero-order chi connectivity index (χ0) is 17.4. The van der Waals surface area contributed by atoms with Crippen molar-refractivity contribution in [2.45, 2.75) is 19.3 Å². The van der Waals surface area contributed by atoms with Crippen LogP contribution in [0.3, 0.4) is 0 Å². The highest BCUT2D eigenvalue weighted by molar-refractivity contribution is 6.31. The standard InChI is InChI=1S/C17H17ClFN3O2/c18-14-9-13(6-7-15(14)19)22-17(24)11-21-16(23)5-1-3-12-4-2-8-20-10-12/h2,4,6-10H,1,3,5,11H2,(H,21,23)(H,22,24). The second kappa shape index (κ2) is 8.98. The fraction of sp³-hybridized carbons (Fsp3) is 0.235. The Bertz CT molecular complexity index is 710. The molecule has 0 saturated heterocycles. The van der Waals surface area contributed by atoms with Crippen LogP contribution in [0.2, 0.25) is 5.02 Å². The molecule has 1 heterocycles. The van der Waals surface area contributed by atoms with Crippen molar-refractivity contribution in [1.82, 2.24) is 10.3 Å². The van der Waals surface area contributed by atoms with Gasteiger partial charge in [-0.1, -0.05) is 17.7 Å². The minimum Gasteiger partial charge on any atom is -0.347 e. The summed E-state index contributed by atoms with van der Waals surface area (Å²) >= 11 is 5.63. The van der Waals surface area contributed by atoms with Crippen LogP contribution in [-0.4, -0.2) is 23.3 Å². The number of benzene rings is 1. The van der Waals surface area contributed by atoms with Gasteiger partial charge in [-0.25, -0.2) is 4.39 Å². The maximum atomic E-state index is 13.0. The topological polar surface area (TPSA) is 71.1 Å². The lowest BCUT2D eigenvalue weighted by Crippen LogP contribution is -2.32. The molecule has 7 heteroatoms. The smallest absolute Gasteiger partial charge is 0.243 e. The number of aromatic nitrogens is 1. The molecule has 0 radical (unpaired) electrons. The SMILES string of the molecule is O=C(CCCc1cccnc1)NCC(=O)Nc1ccc(F)c(Cl)c1. The van der Waals surface area contributed by atoms with E-state index in [4.69, 9.17) is 11.6 Å². The molecule has 1 aromatic carbocycles. The van der Waals surface area contributed by atoms with E-state index in [9.17, 15) is 14.0 Å². The van der Waals surface area contributed by atoms with Gasteiger partial charge in [0.1, 0.15) is 5.82 Å². The predicted molar refractivity (Wildman–Crippen MR) is 90.2 cm³/mol. The van der Waals surface area contributed by atoms with E-state index in [1.54, 1.807) is 12.4 Å². The minimum atomic E-state index is -0.559. The monoisotopic (exact) mass is 349 g/mol. The summed E-state index contributed by atoms with van der Waals surface area (Å²) in [5.41, 5.74) is 1.44. The van der Waals surface area contributed by atoms with Gasteiger partial charge in [-0.2, -0.15) is 0 Å². The highest BCUT2D eigenvalue weighted by atomic mass is 35.5. The molecule has 0 aliphatic heterocycles. The first-order valence-electron chi connectivity index (χ1n) is 7.45. The second-order valence-electron chi connectivity index (χ2n) is 5.17. The Labute approximate surface area is 144 Å². The highest BCUT2D eigenvalue weighted by Crippen LogP contribution is 2.19. The summed E-state index contributed by atoms with van der Waals surface area (Å²) in [6, 6.07) is 7.67. The van der Waals surface area contributed by atoms with Gasteiger partial charge in [-0.05, 0) is 42.7 Å². The summed E-state index contributed by atoms with van der Waals surface area (Å²) in [7, 11) is 0. The number of carbonyl (C=O) groups is 2. The molecule has 0 unspecified atom stereocenters. The fourth-order valence-corrected chi connectivity index (χ4v) is 2.23. The summed E-state index contributed by atoms with van der Waals surface area (Å²) in [6.45, 7) is -0.152. The first kappa shape index (κ1) is 17.9. The third-order valence-electron chi connectivity index (χ3n) is 3.24. The molecule has 2 aromatic rings. The number of pyridine rings is 1. The second-order valence-corrected chi connectivity index (χ2v) is 5.58. The van der Waals surface area contributed by atoms with Crippen LogP contribution in [0.25, 0.3) is 0 Å². The number of halogens is 2. The molecular weight excluding hydrogens is 333 g/mol. The van der Waals surface area contributed by atoms with Gasteiger partial charge >= 0.3 is 0 Å². The van der Waals surface area contributed by atoms with Crippen LogP contribution in [0, 0.1) is 5.82 Å². The summed E-state index contributed by atoms with van der Waals surface area (Å²) in [5, 5.41) is 5.00. The summed E-state index contributed by atoms with van der Waals surface area (Å²) in [6.07, 6.45) is 5.21. The molecule has 0 aliphatic rings. The van der Waals surface area contributed by atoms with Crippen LogP contribution in [0.4, 0.5) is 10.1 Å². The average molecular weight is 350 g/mol. The van der Waals surface area contributed by atoms with Crippen LogP contribution in [0.15, 0.2) is 42.7 Å². The Morgan fingerprint density at radius 2 is 2.04 bits per heavy atom. The third-order valence-corrected chi connectivity index (χ3v) is 3.53. The van der Waals surface area contributed by atoms with Crippen LogP contribution >= 0.6 is 11.6 Å². The van der Waals surface area contributed by atoms with Crippen molar-refractivity contribution in [3.63, 3.8) is 0 Å². The summed E-state index contributed by atoms with van der Waals surface area (Å²) < 4.78 is 13.0. The van der Waals surface area contributed by atoms with Crippen molar-refractivity contribution < 1.29 is 14.0 Å². The van der Waals surface area contributed by atoms with E-state index in [-0.39, 0.29) is 17.5 Å². The van der Waals surface area contributed by atoms with Gasteiger partial charge in [0, 0.05) is 24.5 Å². The predicted octanol–water partition coefficient (Wildman–Crippen LogP) is 2.95. The molecule has 0 aliphatic carbocycles. The molecule has 0 spiro atoms. The van der Waals surface area contributed by atoms with Crippen molar-refractivity contribution in [3.05, 3.63) is 59.1 Å². The van der Waals surface area contributed by atoms with Crippen molar-refractivity contribution in [1.29, 1.82) is 0 Å². The molecule has 2 N–H and O–H groups in total. The Hall–Kier alpha value is -2.47. The Kier molecular flexibility index (Phi) is 6.69. The van der Waals surface area contributed by atoms with Crippen LogP contribution in [-0.2, 0) is 16.0 Å². The van der Waals surface area contributed by atoms with Gasteiger partial charge in [-0.3, -0.25) is 14.6 Å². The van der Waals surface area contributed by atoms with Gasteiger partial charge < -0.3 is 10.6 Å². The van der Waals surface area contributed by atoms with Gasteiger partial charge in [-0.15, -0.1) is 0 Å². The van der Waals surface area contributed by atoms with Crippen molar-refractivity contribution >= 4 is 29.1 Å². The molecule has 126 valence electrons. The number of hydrogen-bond donors (Lipinski definition) is 2. The molecule has 1 aromatic heterocycles. The summed E-state index contributed by atoms with van der Waals surface area (Å²) in [4.78, 5) is 27.5. The lowest BCUT2D eigenvalue weighted by Gasteiger charge is -2.07. The maximum Gasteiger partial charge on any atom is 0.243 e. The van der Waals surface area contributed by atoms with Crippen molar-refractivity contribution in [3.8, 4) is 0 Å². The zero-order valence-electron chi connectivity index (χ0n) is 12.9. The van der Waals surface area contributed by atoms with E-state index >= 15 is 0 Å². The van der Waals surface area contributed by atoms with Crippen molar-refractivity contribution in [2.75, 3.05) is 11.9 Å². The fourth-order valence-electron chi connectivity index (χ4n) is 2.05. The van der Waals surface area contributed by atoms with E-state index in [1.807, 2.05) is 12.1 Å². The largest absolute Gasteiger partial charge is 0.347 e. The minimum absolute atomic E-state index is 0.0766. The number of anilines is 1. The molecule has 24 heavy (non-hydrogen) atoms. The van der Waals surface area contributed by atoms with Gasteiger partial charge in [0.2, 0.25) is 11.8 Å². The van der Waals surface area contributed by atoms with E-state index in [1.165, 1.54) is 12.1 Å². The number of carbonyl (C=O) groups excluding carboxylic acids is 2. The Morgan fingerprint density at radius 3 is 2.75 bits per heavy atom. The molecule has 0 bridgehead atoms. The first-order valence-corrected chi connectivity index (χ1v) is 7.83. The first-order chi connectivity index (χ1) is 11.5. The van der Waals surface area contributed by atoms with E-state index in [2.05, 4.69) is 15.6 Å². The van der Waals surface area contributed by atoms with Gasteiger partial charge in [0.15, 0.2) is 0 Å². The van der Waals surface area contributed by atoms with Crippen LogP contribution in [0.1, 0.15) is 18.4 Å². The Balaban J connectivity index is 1.67. The zero-order valence-corrected chi connectivity index (χ0v) is 13.6. The molecular formula is C17H17ClFN3O2. The van der Waals surface area contributed by atoms with Crippen LogP contribution in [0.5, 0.6) is 0 Å². The molecule has 0 saturated carbocycles. The maximum absolute atomic E-state index is 13.0. The lowest BCUT2D eigenvalue weighted by atomic mass is 10.1. The number of aryl methyl sites for hydroxylation is 1. The van der Waals surface area contributed by atoms with E-state index in [0.717, 1.165) is 18.1 Å². The molecule has 2 amide bonds. The number of amides is 2. The Morgan fingerprint density at radius 1 is 1.21 bits per heavy atom. The van der Waals surface area contributed by atoms with Gasteiger partial charge in [0.25, 0.3) is 0 Å². The van der Waals surface area contributed by atoms with E-state index < -0.39 is 11.7 Å².